The van der Waals surface area contributed by atoms with Gasteiger partial charge in [-0.25, -0.2) is 0 Å². The highest BCUT2D eigenvalue weighted by Gasteiger charge is 2.36. The molecule has 3 unspecified atom stereocenters. The molecule has 0 saturated carbocycles. The van der Waals surface area contributed by atoms with E-state index in [0.717, 1.165) is 32.0 Å². The van der Waals surface area contributed by atoms with Crippen LogP contribution in [0.4, 0.5) is 0 Å². The molecule has 0 bridgehead atoms. The molecule has 1 rings (SSSR count). The number of methoxy groups -OCH3 is 1. The van der Waals surface area contributed by atoms with E-state index in [9.17, 15) is 0 Å². The van der Waals surface area contributed by atoms with Crippen molar-refractivity contribution in [3.63, 3.8) is 0 Å². The second kappa shape index (κ2) is 7.46. The molecule has 0 aliphatic carbocycles. The quantitative estimate of drug-likeness (QED) is 0.708. The predicted octanol–water partition coefficient (Wildman–Crippen LogP) is 2.51. The molecule has 18 heavy (non-hydrogen) atoms. The zero-order chi connectivity index (χ0) is 13.6. The number of ether oxygens (including phenoxy) is 1. The van der Waals surface area contributed by atoms with Crippen LogP contribution in [-0.2, 0) is 4.74 Å². The molecule has 0 spiro atoms. The van der Waals surface area contributed by atoms with Crippen molar-refractivity contribution in [2.24, 2.45) is 5.92 Å². The van der Waals surface area contributed by atoms with Gasteiger partial charge in [0.25, 0.3) is 0 Å². The van der Waals surface area contributed by atoms with E-state index in [1.807, 2.05) is 0 Å². The standard InChI is InChI=1S/C15H32N2O/c1-6-13(3)14-11-17(9-8-10-18-5)15(4,7-2)12-16-14/h13-14,16H,6-12H2,1-5H3. The van der Waals surface area contributed by atoms with Crippen molar-refractivity contribution in [3.8, 4) is 0 Å². The Hall–Kier alpha value is -0.120. The fourth-order valence-electron chi connectivity index (χ4n) is 2.76. The van der Waals surface area contributed by atoms with Gasteiger partial charge in [0.05, 0.1) is 0 Å². The van der Waals surface area contributed by atoms with Crippen LogP contribution < -0.4 is 5.32 Å². The summed E-state index contributed by atoms with van der Waals surface area (Å²) in [5.74, 6) is 0.760. The van der Waals surface area contributed by atoms with Gasteiger partial charge < -0.3 is 10.1 Å². The van der Waals surface area contributed by atoms with Gasteiger partial charge in [0.15, 0.2) is 0 Å². The molecule has 0 aromatic rings. The number of rotatable bonds is 7. The number of nitrogens with zero attached hydrogens (tertiary/aromatic N) is 1. The van der Waals surface area contributed by atoms with Crippen molar-refractivity contribution in [2.45, 2.75) is 58.5 Å². The lowest BCUT2D eigenvalue weighted by atomic mass is 9.88. The minimum Gasteiger partial charge on any atom is -0.385 e. The molecule has 0 amide bonds. The van der Waals surface area contributed by atoms with E-state index in [1.165, 1.54) is 19.4 Å². The number of hydrogen-bond donors (Lipinski definition) is 1. The Morgan fingerprint density at radius 3 is 2.72 bits per heavy atom. The maximum absolute atomic E-state index is 5.19. The molecule has 0 radical (unpaired) electrons. The molecule has 0 aromatic carbocycles. The Labute approximate surface area is 113 Å². The third kappa shape index (κ3) is 3.94. The number of nitrogens with one attached hydrogen (secondary N) is 1. The first kappa shape index (κ1) is 15.9. The van der Waals surface area contributed by atoms with Crippen LogP contribution in [-0.4, -0.2) is 49.8 Å². The average Bonchev–Trinajstić information content (AvgIpc) is 2.40. The normalized spacial score (nSPS) is 31.5. The van der Waals surface area contributed by atoms with Crippen molar-refractivity contribution >= 4 is 0 Å². The molecule has 1 saturated heterocycles. The van der Waals surface area contributed by atoms with Crippen LogP contribution >= 0.6 is 0 Å². The molecule has 1 heterocycles. The van der Waals surface area contributed by atoms with Crippen LogP contribution in [0.3, 0.4) is 0 Å². The van der Waals surface area contributed by atoms with Crippen molar-refractivity contribution < 1.29 is 4.74 Å². The van der Waals surface area contributed by atoms with Gasteiger partial charge in [-0.1, -0.05) is 27.2 Å². The van der Waals surface area contributed by atoms with Crippen LogP contribution in [0.15, 0.2) is 0 Å². The summed E-state index contributed by atoms with van der Waals surface area (Å²) < 4.78 is 5.19. The van der Waals surface area contributed by atoms with Gasteiger partial charge in [-0.15, -0.1) is 0 Å². The summed E-state index contributed by atoms with van der Waals surface area (Å²) in [6.07, 6.45) is 3.60. The summed E-state index contributed by atoms with van der Waals surface area (Å²) in [5.41, 5.74) is 0.317. The molecular formula is C15H32N2O. The Balaban J connectivity index is 2.58. The summed E-state index contributed by atoms with van der Waals surface area (Å²) in [7, 11) is 1.79. The minimum atomic E-state index is 0.317. The maximum Gasteiger partial charge on any atom is 0.0474 e. The first-order valence-corrected chi connectivity index (χ1v) is 7.54. The third-order valence-corrected chi connectivity index (χ3v) is 4.79. The van der Waals surface area contributed by atoms with Gasteiger partial charge in [0.1, 0.15) is 0 Å². The van der Waals surface area contributed by atoms with Crippen LogP contribution in [0.5, 0.6) is 0 Å². The third-order valence-electron chi connectivity index (χ3n) is 4.79. The van der Waals surface area contributed by atoms with E-state index < -0.39 is 0 Å². The SMILES string of the molecule is CCC(C)C1CN(CCCOC)C(C)(CC)CN1. The van der Waals surface area contributed by atoms with E-state index in [0.29, 0.717) is 11.6 Å². The fraction of sp³-hybridized carbons (Fsp3) is 1.00. The minimum absolute atomic E-state index is 0.317. The molecule has 3 nitrogen and oxygen atoms in total. The van der Waals surface area contributed by atoms with Gasteiger partial charge in [0.2, 0.25) is 0 Å². The predicted molar refractivity (Wildman–Crippen MR) is 78.0 cm³/mol. The van der Waals surface area contributed by atoms with Gasteiger partial charge in [-0.05, 0) is 25.7 Å². The van der Waals surface area contributed by atoms with Gasteiger partial charge in [0, 0.05) is 44.9 Å². The Morgan fingerprint density at radius 1 is 1.44 bits per heavy atom. The first-order valence-electron chi connectivity index (χ1n) is 7.54. The highest BCUT2D eigenvalue weighted by Crippen LogP contribution is 2.25. The summed E-state index contributed by atoms with van der Waals surface area (Å²) in [4.78, 5) is 2.68. The second-order valence-electron chi connectivity index (χ2n) is 6.02. The molecule has 108 valence electrons. The molecule has 0 aromatic heterocycles. The lowest BCUT2D eigenvalue weighted by Gasteiger charge is -2.49. The van der Waals surface area contributed by atoms with Crippen molar-refractivity contribution in [2.75, 3.05) is 33.4 Å². The highest BCUT2D eigenvalue weighted by molar-refractivity contribution is 4.96. The Morgan fingerprint density at radius 2 is 2.17 bits per heavy atom. The average molecular weight is 256 g/mol. The van der Waals surface area contributed by atoms with Crippen molar-refractivity contribution in [3.05, 3.63) is 0 Å². The summed E-state index contributed by atoms with van der Waals surface area (Å²) >= 11 is 0. The Bertz CT molecular complexity index is 235. The van der Waals surface area contributed by atoms with Crippen LogP contribution in [0.2, 0.25) is 0 Å². The van der Waals surface area contributed by atoms with Crippen LogP contribution in [0, 0.1) is 5.92 Å². The molecule has 3 atom stereocenters. The fourth-order valence-corrected chi connectivity index (χ4v) is 2.76. The highest BCUT2D eigenvalue weighted by atomic mass is 16.5. The van der Waals surface area contributed by atoms with E-state index in [-0.39, 0.29) is 0 Å². The van der Waals surface area contributed by atoms with Gasteiger partial charge >= 0.3 is 0 Å². The largest absolute Gasteiger partial charge is 0.385 e. The number of piperazine rings is 1. The number of hydrogen-bond acceptors (Lipinski definition) is 3. The maximum atomic E-state index is 5.19. The zero-order valence-electron chi connectivity index (χ0n) is 13.0. The molecule has 1 N–H and O–H groups in total. The molecule has 1 fully saturated rings. The Kier molecular flexibility index (Phi) is 6.61. The molecule has 1 aliphatic heterocycles. The van der Waals surface area contributed by atoms with E-state index in [1.54, 1.807) is 7.11 Å². The van der Waals surface area contributed by atoms with E-state index in [4.69, 9.17) is 4.74 Å². The monoisotopic (exact) mass is 256 g/mol. The topological polar surface area (TPSA) is 24.5 Å². The molecule has 1 aliphatic rings. The van der Waals surface area contributed by atoms with E-state index in [2.05, 4.69) is 37.9 Å². The summed E-state index contributed by atoms with van der Waals surface area (Å²) in [6, 6.07) is 0.650. The summed E-state index contributed by atoms with van der Waals surface area (Å²) in [5, 5.41) is 3.76. The van der Waals surface area contributed by atoms with Crippen LogP contribution in [0.25, 0.3) is 0 Å². The van der Waals surface area contributed by atoms with Crippen molar-refractivity contribution in [1.29, 1.82) is 0 Å². The van der Waals surface area contributed by atoms with Crippen molar-refractivity contribution in [1.82, 2.24) is 10.2 Å². The summed E-state index contributed by atoms with van der Waals surface area (Å²) in [6.45, 7) is 13.7. The zero-order valence-corrected chi connectivity index (χ0v) is 13.0. The van der Waals surface area contributed by atoms with Gasteiger partial charge in [-0.2, -0.15) is 0 Å². The van der Waals surface area contributed by atoms with E-state index >= 15 is 0 Å². The lowest BCUT2D eigenvalue weighted by molar-refractivity contribution is 0.0295. The molecule has 3 heteroatoms. The van der Waals surface area contributed by atoms with Gasteiger partial charge in [-0.3, -0.25) is 4.90 Å². The lowest BCUT2D eigenvalue weighted by Crippen LogP contribution is -2.64. The second-order valence-corrected chi connectivity index (χ2v) is 6.02. The first-order chi connectivity index (χ1) is 8.57. The van der Waals surface area contributed by atoms with Crippen LogP contribution in [0.1, 0.15) is 47.0 Å². The smallest absolute Gasteiger partial charge is 0.0474 e. The molecular weight excluding hydrogens is 224 g/mol.